The number of hydrogen-bond acceptors (Lipinski definition) is 3. The van der Waals surface area contributed by atoms with Crippen LogP contribution in [0.25, 0.3) is 0 Å². The molecule has 0 radical (unpaired) electrons. The van der Waals surface area contributed by atoms with Gasteiger partial charge in [-0.25, -0.2) is 8.42 Å². The van der Waals surface area contributed by atoms with Crippen molar-refractivity contribution in [1.82, 2.24) is 9.29 Å². The summed E-state index contributed by atoms with van der Waals surface area (Å²) in [7, 11) is -3.44. The van der Waals surface area contributed by atoms with Crippen LogP contribution in [-0.4, -0.2) is 23.7 Å². The largest absolute Gasteiger partial charge is 0.260 e. The predicted molar refractivity (Wildman–Crippen MR) is 76.4 cm³/mol. The summed E-state index contributed by atoms with van der Waals surface area (Å²) in [6, 6.07) is 14.3. The second kappa shape index (κ2) is 5.34. The molecule has 0 bridgehead atoms. The highest BCUT2D eigenvalue weighted by molar-refractivity contribution is 7.89. The molecule has 1 fully saturated rings. The molecule has 0 atom stereocenters. The van der Waals surface area contributed by atoms with Crippen molar-refractivity contribution in [2.24, 2.45) is 0 Å². The molecule has 1 heterocycles. The Morgan fingerprint density at radius 3 is 2.35 bits per heavy atom. The van der Waals surface area contributed by atoms with E-state index in [-0.39, 0.29) is 6.04 Å². The summed E-state index contributed by atoms with van der Waals surface area (Å²) < 4.78 is 27.0. The summed E-state index contributed by atoms with van der Waals surface area (Å²) in [6.07, 6.45) is 3.55. The third-order valence-corrected chi connectivity index (χ3v) is 5.26. The first kappa shape index (κ1) is 13.3. The Labute approximate surface area is 119 Å². The minimum Gasteiger partial charge on any atom is -0.260 e. The van der Waals surface area contributed by atoms with E-state index in [1.165, 1.54) is 0 Å². The minimum absolute atomic E-state index is 0.113. The van der Waals surface area contributed by atoms with Gasteiger partial charge in [0.2, 0.25) is 10.0 Å². The quantitative estimate of drug-likeness (QED) is 0.849. The molecule has 0 unspecified atom stereocenters. The molecule has 1 saturated carbocycles. The minimum atomic E-state index is -3.44. The average Bonchev–Trinajstić information content (AvgIpc) is 3.31. The van der Waals surface area contributed by atoms with Crippen LogP contribution in [0.15, 0.2) is 59.6 Å². The Balaban J connectivity index is 1.91. The van der Waals surface area contributed by atoms with Gasteiger partial charge in [0.25, 0.3) is 0 Å². The first-order chi connectivity index (χ1) is 9.68. The van der Waals surface area contributed by atoms with E-state index in [1.54, 1.807) is 34.8 Å². The first-order valence-corrected chi connectivity index (χ1v) is 8.09. The van der Waals surface area contributed by atoms with Gasteiger partial charge in [-0.15, -0.1) is 0 Å². The number of benzene rings is 1. The molecular weight excluding hydrogens is 272 g/mol. The second-order valence-electron chi connectivity index (χ2n) is 4.92. The standard InChI is InChI=1S/C15H16N2O2S/c18-20(19,15-7-2-1-3-8-15)17(14-9-10-14)12-13-6-4-5-11-16-13/h1-8,11,14H,9-10,12H2. The number of sulfonamides is 1. The summed E-state index contributed by atoms with van der Waals surface area (Å²) in [5.74, 6) is 0. The van der Waals surface area contributed by atoms with Gasteiger partial charge >= 0.3 is 0 Å². The average molecular weight is 288 g/mol. The number of pyridine rings is 1. The number of hydrogen-bond donors (Lipinski definition) is 0. The molecule has 1 aromatic carbocycles. The van der Waals surface area contributed by atoms with Gasteiger partial charge in [-0.2, -0.15) is 4.31 Å². The molecule has 1 aromatic heterocycles. The van der Waals surface area contributed by atoms with Gasteiger partial charge < -0.3 is 0 Å². The third-order valence-electron chi connectivity index (χ3n) is 3.35. The monoisotopic (exact) mass is 288 g/mol. The molecule has 2 aromatic rings. The van der Waals surface area contributed by atoms with Crippen LogP contribution >= 0.6 is 0 Å². The SMILES string of the molecule is O=S(=O)(c1ccccc1)N(Cc1ccccn1)C1CC1. The van der Waals surface area contributed by atoms with E-state index in [1.807, 2.05) is 24.3 Å². The zero-order valence-electron chi connectivity index (χ0n) is 11.0. The van der Waals surface area contributed by atoms with Crippen molar-refractivity contribution in [2.45, 2.75) is 30.3 Å². The molecule has 1 aliphatic rings. The molecule has 0 saturated heterocycles. The normalized spacial score (nSPS) is 15.4. The maximum absolute atomic E-state index is 12.7. The van der Waals surface area contributed by atoms with E-state index >= 15 is 0 Å². The Morgan fingerprint density at radius 1 is 1.05 bits per heavy atom. The lowest BCUT2D eigenvalue weighted by Gasteiger charge is -2.21. The number of nitrogens with zero attached hydrogens (tertiary/aromatic N) is 2. The molecule has 5 heteroatoms. The molecule has 0 spiro atoms. The van der Waals surface area contributed by atoms with Gasteiger partial charge in [-0.05, 0) is 37.1 Å². The first-order valence-electron chi connectivity index (χ1n) is 6.65. The smallest absolute Gasteiger partial charge is 0.243 e. The number of rotatable bonds is 5. The maximum atomic E-state index is 12.7. The summed E-state index contributed by atoms with van der Waals surface area (Å²) >= 11 is 0. The van der Waals surface area contributed by atoms with Crippen molar-refractivity contribution in [2.75, 3.05) is 0 Å². The fourth-order valence-corrected chi connectivity index (χ4v) is 3.83. The van der Waals surface area contributed by atoms with Gasteiger partial charge in [0.05, 0.1) is 17.1 Å². The lowest BCUT2D eigenvalue weighted by molar-refractivity contribution is 0.394. The van der Waals surface area contributed by atoms with Crippen LogP contribution < -0.4 is 0 Å². The van der Waals surface area contributed by atoms with Crippen LogP contribution in [0.4, 0.5) is 0 Å². The molecule has 0 amide bonds. The van der Waals surface area contributed by atoms with Crippen molar-refractivity contribution in [3.63, 3.8) is 0 Å². The van der Waals surface area contributed by atoms with Crippen molar-refractivity contribution in [3.8, 4) is 0 Å². The molecule has 20 heavy (non-hydrogen) atoms. The summed E-state index contributed by atoms with van der Waals surface area (Å²) in [6.45, 7) is 0.336. The van der Waals surface area contributed by atoms with Gasteiger partial charge in [0, 0.05) is 12.2 Å². The molecule has 104 valence electrons. The van der Waals surface area contributed by atoms with E-state index < -0.39 is 10.0 Å². The molecular formula is C15H16N2O2S. The van der Waals surface area contributed by atoms with Crippen LogP contribution in [-0.2, 0) is 16.6 Å². The molecule has 1 aliphatic carbocycles. The summed E-state index contributed by atoms with van der Waals surface area (Å²) in [5, 5.41) is 0. The maximum Gasteiger partial charge on any atom is 0.243 e. The fraction of sp³-hybridized carbons (Fsp3) is 0.267. The van der Waals surface area contributed by atoms with Crippen molar-refractivity contribution in [1.29, 1.82) is 0 Å². The van der Waals surface area contributed by atoms with E-state index in [2.05, 4.69) is 4.98 Å². The van der Waals surface area contributed by atoms with Gasteiger partial charge in [-0.3, -0.25) is 4.98 Å². The van der Waals surface area contributed by atoms with Crippen molar-refractivity contribution in [3.05, 3.63) is 60.4 Å². The van der Waals surface area contributed by atoms with Crippen LogP contribution in [0.3, 0.4) is 0 Å². The van der Waals surface area contributed by atoms with Crippen molar-refractivity contribution < 1.29 is 8.42 Å². The lowest BCUT2D eigenvalue weighted by atomic mass is 10.3. The van der Waals surface area contributed by atoms with E-state index in [0.29, 0.717) is 11.4 Å². The molecule has 3 rings (SSSR count). The molecule has 0 aliphatic heterocycles. The highest BCUT2D eigenvalue weighted by atomic mass is 32.2. The van der Waals surface area contributed by atoms with Crippen LogP contribution in [0, 0.1) is 0 Å². The van der Waals surface area contributed by atoms with Gasteiger partial charge in [0.15, 0.2) is 0 Å². The predicted octanol–water partition coefficient (Wildman–Crippen LogP) is 2.43. The zero-order chi connectivity index (χ0) is 14.0. The zero-order valence-corrected chi connectivity index (χ0v) is 11.8. The Kier molecular flexibility index (Phi) is 3.54. The number of aromatic nitrogens is 1. The second-order valence-corrected chi connectivity index (χ2v) is 6.81. The summed E-state index contributed by atoms with van der Waals surface area (Å²) in [4.78, 5) is 4.58. The van der Waals surface area contributed by atoms with E-state index in [0.717, 1.165) is 18.5 Å². The summed E-state index contributed by atoms with van der Waals surface area (Å²) in [5.41, 5.74) is 0.777. The van der Waals surface area contributed by atoms with Crippen LogP contribution in [0.2, 0.25) is 0 Å². The van der Waals surface area contributed by atoms with Crippen molar-refractivity contribution >= 4 is 10.0 Å². The fourth-order valence-electron chi connectivity index (χ4n) is 2.15. The van der Waals surface area contributed by atoms with Crippen LogP contribution in [0.1, 0.15) is 18.5 Å². The van der Waals surface area contributed by atoms with Gasteiger partial charge in [0.1, 0.15) is 0 Å². The third kappa shape index (κ3) is 2.73. The van der Waals surface area contributed by atoms with Gasteiger partial charge in [-0.1, -0.05) is 24.3 Å². The topological polar surface area (TPSA) is 50.3 Å². The van der Waals surface area contributed by atoms with Crippen LogP contribution in [0.5, 0.6) is 0 Å². The van der Waals surface area contributed by atoms with E-state index in [9.17, 15) is 8.42 Å². The highest BCUT2D eigenvalue weighted by Gasteiger charge is 2.38. The lowest BCUT2D eigenvalue weighted by Crippen LogP contribution is -2.32. The molecule has 4 nitrogen and oxygen atoms in total. The van der Waals surface area contributed by atoms with E-state index in [4.69, 9.17) is 0 Å². The Hall–Kier alpha value is -1.72. The Morgan fingerprint density at radius 2 is 1.75 bits per heavy atom. The Bertz CT molecular complexity index is 668. The molecule has 0 N–H and O–H groups in total. The highest BCUT2D eigenvalue weighted by Crippen LogP contribution is 2.33.